The van der Waals surface area contributed by atoms with E-state index in [2.05, 4.69) is 4.98 Å². The van der Waals surface area contributed by atoms with Gasteiger partial charge in [-0.05, 0) is 18.6 Å². The van der Waals surface area contributed by atoms with Gasteiger partial charge >= 0.3 is 0 Å². The first-order chi connectivity index (χ1) is 7.18. The first-order valence-electron chi connectivity index (χ1n) is 4.73. The smallest absolute Gasteiger partial charge is 0.125 e. The molecule has 0 aromatic carbocycles. The van der Waals surface area contributed by atoms with E-state index >= 15 is 0 Å². The number of aromatic nitrogens is 1. The molecule has 1 aromatic heterocycles. The molecular formula is C10H13N3OS. The Morgan fingerprint density at radius 3 is 2.93 bits per heavy atom. The highest BCUT2D eigenvalue weighted by Crippen LogP contribution is 2.29. The lowest BCUT2D eigenvalue weighted by atomic mass is 10.1. The molecule has 0 aliphatic carbocycles. The average molecular weight is 223 g/mol. The van der Waals surface area contributed by atoms with Crippen LogP contribution in [0.3, 0.4) is 0 Å². The number of nitrogens with one attached hydrogen (secondary N) is 1. The van der Waals surface area contributed by atoms with Gasteiger partial charge in [-0.15, -0.1) is 0 Å². The minimum absolute atomic E-state index is 0.0864. The minimum atomic E-state index is 0.0864. The molecule has 0 saturated carbocycles. The Balaban J connectivity index is 2.27. The molecule has 0 atom stereocenters. The van der Waals surface area contributed by atoms with Crippen LogP contribution in [0, 0.1) is 12.3 Å². The maximum atomic E-state index is 7.53. The van der Waals surface area contributed by atoms with Gasteiger partial charge in [0.05, 0.1) is 24.0 Å². The molecule has 0 spiro atoms. The fourth-order valence-electron chi connectivity index (χ4n) is 1.39. The zero-order chi connectivity index (χ0) is 10.8. The maximum Gasteiger partial charge on any atom is 0.125 e. The van der Waals surface area contributed by atoms with Crippen molar-refractivity contribution in [2.75, 3.05) is 13.2 Å². The summed E-state index contributed by atoms with van der Waals surface area (Å²) in [5.74, 6) is 0.0864. The molecule has 2 rings (SSSR count). The van der Waals surface area contributed by atoms with Gasteiger partial charge in [0, 0.05) is 6.20 Å². The van der Waals surface area contributed by atoms with E-state index in [1.54, 1.807) is 18.0 Å². The van der Waals surface area contributed by atoms with Gasteiger partial charge in [-0.1, -0.05) is 11.8 Å². The molecule has 0 amide bonds. The fourth-order valence-corrected chi connectivity index (χ4v) is 2.55. The van der Waals surface area contributed by atoms with Crippen LogP contribution in [0.2, 0.25) is 0 Å². The van der Waals surface area contributed by atoms with E-state index < -0.39 is 0 Å². The van der Waals surface area contributed by atoms with E-state index in [1.807, 2.05) is 13.0 Å². The second kappa shape index (κ2) is 4.20. The van der Waals surface area contributed by atoms with Crippen molar-refractivity contribution in [3.8, 4) is 0 Å². The van der Waals surface area contributed by atoms with E-state index in [0.717, 1.165) is 29.4 Å². The number of nitrogens with two attached hydrogens (primary N) is 1. The lowest BCUT2D eigenvalue weighted by Crippen LogP contribution is -2.30. The molecule has 1 aliphatic heterocycles. The van der Waals surface area contributed by atoms with Crippen molar-refractivity contribution in [3.63, 3.8) is 0 Å². The highest BCUT2D eigenvalue weighted by molar-refractivity contribution is 8.00. The van der Waals surface area contributed by atoms with Gasteiger partial charge in [0.2, 0.25) is 0 Å². The number of thioether (sulfide) groups is 1. The lowest BCUT2D eigenvalue weighted by molar-refractivity contribution is 0.0454. The lowest BCUT2D eigenvalue weighted by Gasteiger charge is -2.25. The summed E-state index contributed by atoms with van der Waals surface area (Å²) < 4.78 is 5.10. The van der Waals surface area contributed by atoms with Gasteiger partial charge in [0.15, 0.2) is 0 Å². The Morgan fingerprint density at radius 1 is 1.67 bits per heavy atom. The molecule has 0 radical (unpaired) electrons. The van der Waals surface area contributed by atoms with Crippen LogP contribution in [-0.2, 0) is 4.74 Å². The van der Waals surface area contributed by atoms with E-state index in [9.17, 15) is 0 Å². The SMILES string of the molecule is Cc1ccnc(SC2COC2)c1C(=N)N. The fraction of sp³-hybridized carbons (Fsp3) is 0.400. The zero-order valence-corrected chi connectivity index (χ0v) is 9.30. The Hall–Kier alpha value is -1.07. The van der Waals surface area contributed by atoms with Gasteiger partial charge in [-0.2, -0.15) is 0 Å². The van der Waals surface area contributed by atoms with Crippen LogP contribution < -0.4 is 5.73 Å². The van der Waals surface area contributed by atoms with Gasteiger partial charge < -0.3 is 10.5 Å². The monoisotopic (exact) mass is 223 g/mol. The Labute approximate surface area is 92.7 Å². The molecule has 1 saturated heterocycles. The van der Waals surface area contributed by atoms with E-state index in [-0.39, 0.29) is 5.84 Å². The molecule has 15 heavy (non-hydrogen) atoms. The molecule has 1 aromatic rings. The van der Waals surface area contributed by atoms with Crippen LogP contribution in [0.5, 0.6) is 0 Å². The molecule has 0 bridgehead atoms. The van der Waals surface area contributed by atoms with Gasteiger partial charge in [0.25, 0.3) is 0 Å². The normalized spacial score (nSPS) is 16.1. The van der Waals surface area contributed by atoms with Crippen molar-refractivity contribution in [1.82, 2.24) is 4.98 Å². The summed E-state index contributed by atoms with van der Waals surface area (Å²) in [6.45, 7) is 3.47. The summed E-state index contributed by atoms with van der Waals surface area (Å²) in [5.41, 5.74) is 7.31. The second-order valence-corrected chi connectivity index (χ2v) is 4.79. The summed E-state index contributed by atoms with van der Waals surface area (Å²) in [5, 5.41) is 8.83. The number of rotatable bonds is 3. The molecule has 1 fully saturated rings. The topological polar surface area (TPSA) is 72.0 Å². The van der Waals surface area contributed by atoms with Crippen LogP contribution in [0.4, 0.5) is 0 Å². The molecule has 1 aliphatic rings. The molecule has 2 heterocycles. The summed E-state index contributed by atoms with van der Waals surface area (Å²) in [4.78, 5) is 4.27. The largest absolute Gasteiger partial charge is 0.384 e. The van der Waals surface area contributed by atoms with Gasteiger partial charge in [0.1, 0.15) is 10.9 Å². The zero-order valence-electron chi connectivity index (χ0n) is 8.49. The van der Waals surface area contributed by atoms with Crippen molar-refractivity contribution in [2.24, 2.45) is 5.73 Å². The minimum Gasteiger partial charge on any atom is -0.384 e. The molecular weight excluding hydrogens is 210 g/mol. The summed E-state index contributed by atoms with van der Waals surface area (Å²) in [7, 11) is 0. The molecule has 80 valence electrons. The van der Waals surface area contributed by atoms with Crippen molar-refractivity contribution in [2.45, 2.75) is 17.2 Å². The third kappa shape index (κ3) is 2.13. The van der Waals surface area contributed by atoms with E-state index in [4.69, 9.17) is 15.9 Å². The molecule has 3 N–H and O–H groups in total. The Morgan fingerprint density at radius 2 is 2.40 bits per heavy atom. The highest BCUT2D eigenvalue weighted by atomic mass is 32.2. The third-order valence-electron chi connectivity index (χ3n) is 2.28. The molecule has 4 nitrogen and oxygen atoms in total. The average Bonchev–Trinajstić information content (AvgIpc) is 2.10. The van der Waals surface area contributed by atoms with Crippen LogP contribution >= 0.6 is 11.8 Å². The first kappa shape index (κ1) is 10.4. The van der Waals surface area contributed by atoms with Crippen LogP contribution in [0.15, 0.2) is 17.3 Å². The number of hydrogen-bond acceptors (Lipinski definition) is 4. The van der Waals surface area contributed by atoms with Crippen LogP contribution in [0.1, 0.15) is 11.1 Å². The summed E-state index contributed by atoms with van der Waals surface area (Å²) >= 11 is 1.64. The van der Waals surface area contributed by atoms with Crippen molar-refractivity contribution < 1.29 is 4.74 Å². The van der Waals surface area contributed by atoms with Gasteiger partial charge in [-0.25, -0.2) is 4.98 Å². The third-order valence-corrected chi connectivity index (χ3v) is 3.42. The maximum absolute atomic E-state index is 7.53. The number of aryl methyl sites for hydroxylation is 1. The van der Waals surface area contributed by atoms with Gasteiger partial charge in [-0.3, -0.25) is 5.41 Å². The summed E-state index contributed by atoms with van der Waals surface area (Å²) in [6, 6.07) is 1.87. The molecule has 0 unspecified atom stereocenters. The van der Waals surface area contributed by atoms with Crippen LogP contribution in [-0.4, -0.2) is 29.3 Å². The van der Waals surface area contributed by atoms with Crippen molar-refractivity contribution >= 4 is 17.6 Å². The number of hydrogen-bond donors (Lipinski definition) is 2. The summed E-state index contributed by atoms with van der Waals surface area (Å²) in [6.07, 6.45) is 1.75. The standard InChI is InChI=1S/C10H13N3OS/c1-6-2-3-13-10(8(6)9(11)12)15-7-4-14-5-7/h2-3,7H,4-5H2,1H3,(H3,11,12). The molecule has 5 heteroatoms. The second-order valence-electron chi connectivity index (χ2n) is 3.50. The number of pyridine rings is 1. The highest BCUT2D eigenvalue weighted by Gasteiger charge is 2.22. The Kier molecular flexibility index (Phi) is 2.93. The first-order valence-corrected chi connectivity index (χ1v) is 5.61. The predicted octanol–water partition coefficient (Wildman–Crippen LogP) is 1.16. The van der Waals surface area contributed by atoms with Crippen LogP contribution in [0.25, 0.3) is 0 Å². The quantitative estimate of drug-likeness (QED) is 0.596. The van der Waals surface area contributed by atoms with Crippen molar-refractivity contribution in [3.05, 3.63) is 23.4 Å². The number of ether oxygens (including phenoxy) is 1. The van der Waals surface area contributed by atoms with Crippen molar-refractivity contribution in [1.29, 1.82) is 5.41 Å². The van der Waals surface area contributed by atoms with E-state index in [0.29, 0.717) is 5.25 Å². The Bertz CT molecular complexity index is 390. The number of amidine groups is 1. The number of nitrogens with zero attached hydrogens (tertiary/aromatic N) is 1. The number of nitrogen functional groups attached to an aromatic ring is 1. The predicted molar refractivity (Wildman–Crippen MR) is 60.5 cm³/mol. The van der Waals surface area contributed by atoms with E-state index in [1.165, 1.54) is 0 Å².